The third kappa shape index (κ3) is 2.87. The second kappa shape index (κ2) is 4.73. The van der Waals surface area contributed by atoms with Crippen LogP contribution in [0.3, 0.4) is 0 Å². The normalized spacial score (nSPS) is 10.2. The van der Waals surface area contributed by atoms with Gasteiger partial charge in [0.15, 0.2) is 11.6 Å². The Labute approximate surface area is 97.9 Å². The Hall–Kier alpha value is -2.24. The van der Waals surface area contributed by atoms with Crippen LogP contribution in [0.1, 0.15) is 11.3 Å². The van der Waals surface area contributed by atoms with E-state index in [1.54, 1.807) is 6.20 Å². The van der Waals surface area contributed by atoms with Gasteiger partial charge in [-0.15, -0.1) is 0 Å². The molecule has 0 saturated carbocycles. The van der Waals surface area contributed by atoms with Gasteiger partial charge in [-0.05, 0) is 18.6 Å². The number of pyridine rings is 1. The lowest BCUT2D eigenvalue weighted by atomic mass is 10.2. The first-order valence-corrected chi connectivity index (χ1v) is 5.08. The molecular formula is C11H12FN5. The average molecular weight is 233 g/mol. The minimum absolute atomic E-state index is 0.0379. The Morgan fingerprint density at radius 3 is 2.82 bits per heavy atom. The summed E-state index contributed by atoms with van der Waals surface area (Å²) in [4.78, 5) is 11.5. The molecule has 88 valence electrons. The molecule has 2 aromatic rings. The maximum atomic E-state index is 13.3. The van der Waals surface area contributed by atoms with Gasteiger partial charge < -0.3 is 11.1 Å². The van der Waals surface area contributed by atoms with Crippen molar-refractivity contribution in [3.05, 3.63) is 41.6 Å². The van der Waals surface area contributed by atoms with Crippen LogP contribution in [0.15, 0.2) is 24.5 Å². The molecule has 0 unspecified atom stereocenters. The number of aromatic nitrogens is 3. The Morgan fingerprint density at radius 1 is 1.29 bits per heavy atom. The average Bonchev–Trinajstić information content (AvgIpc) is 2.32. The van der Waals surface area contributed by atoms with Crippen molar-refractivity contribution >= 4 is 11.8 Å². The standard InChI is InChI=1S/C11H12FN5/c1-7-2-3-8(4-14-7)5-15-10-9(12)6-16-11(13)17-10/h2-4,6H,5H2,1H3,(H3,13,15,16,17). The number of nitrogens with zero attached hydrogens (tertiary/aromatic N) is 3. The molecule has 6 heteroatoms. The van der Waals surface area contributed by atoms with Crippen molar-refractivity contribution in [1.29, 1.82) is 0 Å². The summed E-state index contributed by atoms with van der Waals surface area (Å²) in [6.07, 6.45) is 2.77. The Morgan fingerprint density at radius 2 is 2.12 bits per heavy atom. The lowest BCUT2D eigenvalue weighted by Gasteiger charge is -2.06. The zero-order valence-electron chi connectivity index (χ0n) is 9.31. The van der Waals surface area contributed by atoms with E-state index in [2.05, 4.69) is 20.3 Å². The first-order chi connectivity index (χ1) is 8.15. The molecule has 0 amide bonds. The van der Waals surface area contributed by atoms with E-state index in [-0.39, 0.29) is 11.8 Å². The van der Waals surface area contributed by atoms with E-state index in [4.69, 9.17) is 5.73 Å². The molecule has 2 rings (SSSR count). The monoisotopic (exact) mass is 233 g/mol. The van der Waals surface area contributed by atoms with Gasteiger partial charge in [0.2, 0.25) is 5.95 Å². The van der Waals surface area contributed by atoms with Gasteiger partial charge in [-0.1, -0.05) is 6.07 Å². The first-order valence-electron chi connectivity index (χ1n) is 5.08. The fourth-order valence-electron chi connectivity index (χ4n) is 1.29. The molecule has 0 spiro atoms. The number of hydrogen-bond acceptors (Lipinski definition) is 5. The molecule has 0 bridgehead atoms. The van der Waals surface area contributed by atoms with Crippen LogP contribution in [0, 0.1) is 12.7 Å². The van der Waals surface area contributed by atoms with E-state index in [0.29, 0.717) is 6.54 Å². The summed E-state index contributed by atoms with van der Waals surface area (Å²) in [5, 5.41) is 2.84. The highest BCUT2D eigenvalue weighted by Gasteiger charge is 2.04. The van der Waals surface area contributed by atoms with Gasteiger partial charge in [-0.2, -0.15) is 4.98 Å². The zero-order chi connectivity index (χ0) is 12.3. The van der Waals surface area contributed by atoms with Crippen molar-refractivity contribution in [2.75, 3.05) is 11.1 Å². The smallest absolute Gasteiger partial charge is 0.222 e. The van der Waals surface area contributed by atoms with Crippen LogP contribution in [0.2, 0.25) is 0 Å². The summed E-state index contributed by atoms with van der Waals surface area (Å²) in [5.41, 5.74) is 7.25. The van der Waals surface area contributed by atoms with Crippen LogP contribution >= 0.6 is 0 Å². The van der Waals surface area contributed by atoms with Crippen molar-refractivity contribution in [2.24, 2.45) is 0 Å². The third-order valence-corrected chi connectivity index (χ3v) is 2.20. The van der Waals surface area contributed by atoms with Crippen molar-refractivity contribution in [2.45, 2.75) is 13.5 Å². The van der Waals surface area contributed by atoms with Crippen molar-refractivity contribution in [1.82, 2.24) is 15.0 Å². The number of nitrogens with two attached hydrogens (primary N) is 1. The van der Waals surface area contributed by atoms with E-state index in [9.17, 15) is 4.39 Å². The fraction of sp³-hybridized carbons (Fsp3) is 0.182. The number of anilines is 2. The highest BCUT2D eigenvalue weighted by Crippen LogP contribution is 2.11. The molecule has 2 heterocycles. The summed E-state index contributed by atoms with van der Waals surface area (Å²) in [7, 11) is 0. The third-order valence-electron chi connectivity index (χ3n) is 2.20. The molecule has 0 aromatic carbocycles. The number of nitrogen functional groups attached to an aromatic ring is 1. The second-order valence-corrected chi connectivity index (χ2v) is 3.59. The first kappa shape index (κ1) is 11.3. The summed E-state index contributed by atoms with van der Waals surface area (Å²) in [6.45, 7) is 2.34. The quantitative estimate of drug-likeness (QED) is 0.840. The molecule has 0 radical (unpaired) electrons. The number of nitrogens with one attached hydrogen (secondary N) is 1. The van der Waals surface area contributed by atoms with Crippen molar-refractivity contribution < 1.29 is 4.39 Å². The van der Waals surface area contributed by atoms with Gasteiger partial charge >= 0.3 is 0 Å². The summed E-state index contributed by atoms with van der Waals surface area (Å²) >= 11 is 0. The maximum absolute atomic E-state index is 13.3. The molecule has 0 aliphatic carbocycles. The molecule has 0 atom stereocenters. The summed E-state index contributed by atoms with van der Waals surface area (Å²) in [6, 6.07) is 3.81. The molecule has 0 saturated heterocycles. The van der Waals surface area contributed by atoms with Gasteiger partial charge in [-0.25, -0.2) is 9.37 Å². The Kier molecular flexibility index (Phi) is 3.13. The molecule has 17 heavy (non-hydrogen) atoms. The largest absolute Gasteiger partial charge is 0.368 e. The van der Waals surface area contributed by atoms with Crippen LogP contribution < -0.4 is 11.1 Å². The fourth-order valence-corrected chi connectivity index (χ4v) is 1.29. The molecule has 0 aliphatic rings. The van der Waals surface area contributed by atoms with Gasteiger partial charge in [0.05, 0.1) is 6.20 Å². The van der Waals surface area contributed by atoms with Gasteiger partial charge in [0.25, 0.3) is 0 Å². The zero-order valence-corrected chi connectivity index (χ0v) is 9.31. The van der Waals surface area contributed by atoms with E-state index in [1.807, 2.05) is 19.1 Å². The molecule has 2 aromatic heterocycles. The minimum Gasteiger partial charge on any atom is -0.368 e. The predicted molar refractivity (Wildman–Crippen MR) is 62.7 cm³/mol. The van der Waals surface area contributed by atoms with Crippen LogP contribution in [-0.4, -0.2) is 15.0 Å². The highest BCUT2D eigenvalue weighted by atomic mass is 19.1. The number of aryl methyl sites for hydroxylation is 1. The lowest BCUT2D eigenvalue weighted by molar-refractivity contribution is 0.617. The SMILES string of the molecule is Cc1ccc(CNc2nc(N)ncc2F)cn1. The molecular weight excluding hydrogens is 221 g/mol. The molecule has 5 nitrogen and oxygen atoms in total. The number of halogens is 1. The van der Waals surface area contributed by atoms with Crippen molar-refractivity contribution in [3.8, 4) is 0 Å². The van der Waals surface area contributed by atoms with E-state index >= 15 is 0 Å². The Balaban J connectivity index is 2.07. The van der Waals surface area contributed by atoms with Crippen LogP contribution in [0.4, 0.5) is 16.2 Å². The maximum Gasteiger partial charge on any atom is 0.222 e. The van der Waals surface area contributed by atoms with Crippen LogP contribution in [-0.2, 0) is 6.54 Å². The van der Waals surface area contributed by atoms with Gasteiger partial charge in [-0.3, -0.25) is 4.98 Å². The number of rotatable bonds is 3. The summed E-state index contributed by atoms with van der Waals surface area (Å²) in [5.74, 6) is -0.395. The number of hydrogen-bond donors (Lipinski definition) is 2. The lowest BCUT2D eigenvalue weighted by Crippen LogP contribution is -2.06. The van der Waals surface area contributed by atoms with E-state index < -0.39 is 5.82 Å². The second-order valence-electron chi connectivity index (χ2n) is 3.59. The summed E-state index contributed by atoms with van der Waals surface area (Å²) < 4.78 is 13.3. The topological polar surface area (TPSA) is 76.7 Å². The van der Waals surface area contributed by atoms with Crippen molar-refractivity contribution in [3.63, 3.8) is 0 Å². The van der Waals surface area contributed by atoms with E-state index in [1.165, 1.54) is 0 Å². The van der Waals surface area contributed by atoms with Gasteiger partial charge in [0, 0.05) is 18.4 Å². The van der Waals surface area contributed by atoms with E-state index in [0.717, 1.165) is 17.5 Å². The molecule has 0 fully saturated rings. The minimum atomic E-state index is -0.528. The molecule has 3 N–H and O–H groups in total. The van der Waals surface area contributed by atoms with Crippen LogP contribution in [0.5, 0.6) is 0 Å². The van der Waals surface area contributed by atoms with Gasteiger partial charge in [0.1, 0.15) is 0 Å². The predicted octanol–water partition coefficient (Wildman–Crippen LogP) is 1.51. The highest BCUT2D eigenvalue weighted by molar-refractivity contribution is 5.39. The molecule has 0 aliphatic heterocycles. The Bertz CT molecular complexity index is 512. The van der Waals surface area contributed by atoms with Crippen LogP contribution in [0.25, 0.3) is 0 Å².